The van der Waals surface area contributed by atoms with Crippen molar-refractivity contribution in [2.75, 3.05) is 10.6 Å². The largest absolute Gasteiger partial charge is 0.449 e. The highest BCUT2D eigenvalue weighted by Crippen LogP contribution is 2.15. The SMILES string of the molecule is CC(=O)Nc1ccc(NC(=O)[C@H](C)OC(=O)c2ccc([N+](=O)[O-])cc2)cc1. The van der Waals surface area contributed by atoms with E-state index in [4.69, 9.17) is 4.74 Å². The molecular formula is C18H17N3O6. The third-order valence-electron chi connectivity index (χ3n) is 3.44. The normalized spacial score (nSPS) is 11.2. The molecule has 0 fully saturated rings. The third kappa shape index (κ3) is 5.63. The van der Waals surface area contributed by atoms with Gasteiger partial charge in [0.1, 0.15) is 0 Å². The molecule has 1 atom stereocenters. The lowest BCUT2D eigenvalue weighted by atomic mass is 10.2. The number of carbonyl (C=O) groups is 3. The zero-order chi connectivity index (χ0) is 20.0. The van der Waals surface area contributed by atoms with Crippen molar-refractivity contribution in [2.45, 2.75) is 20.0 Å². The van der Waals surface area contributed by atoms with Crippen LogP contribution in [0.3, 0.4) is 0 Å². The number of esters is 1. The van der Waals surface area contributed by atoms with Crippen LogP contribution in [0.2, 0.25) is 0 Å². The number of nitro groups is 1. The van der Waals surface area contributed by atoms with Crippen molar-refractivity contribution in [1.29, 1.82) is 0 Å². The van der Waals surface area contributed by atoms with Crippen molar-refractivity contribution in [3.05, 3.63) is 64.2 Å². The van der Waals surface area contributed by atoms with Crippen LogP contribution >= 0.6 is 0 Å². The molecule has 0 radical (unpaired) electrons. The lowest BCUT2D eigenvalue weighted by Gasteiger charge is -2.14. The molecule has 0 unspecified atom stereocenters. The molecule has 0 aliphatic rings. The van der Waals surface area contributed by atoms with Crippen LogP contribution < -0.4 is 10.6 Å². The van der Waals surface area contributed by atoms with Crippen LogP contribution in [-0.4, -0.2) is 28.8 Å². The van der Waals surface area contributed by atoms with Crippen molar-refractivity contribution in [1.82, 2.24) is 0 Å². The van der Waals surface area contributed by atoms with E-state index in [-0.39, 0.29) is 17.2 Å². The summed E-state index contributed by atoms with van der Waals surface area (Å²) in [7, 11) is 0. The minimum atomic E-state index is -1.08. The van der Waals surface area contributed by atoms with E-state index in [0.29, 0.717) is 11.4 Å². The molecule has 2 N–H and O–H groups in total. The summed E-state index contributed by atoms with van der Waals surface area (Å²) in [5.74, 6) is -1.52. The highest BCUT2D eigenvalue weighted by molar-refractivity contribution is 5.97. The number of nitrogens with zero attached hydrogens (tertiary/aromatic N) is 1. The fourth-order valence-corrected chi connectivity index (χ4v) is 2.09. The minimum absolute atomic E-state index is 0.0971. The van der Waals surface area contributed by atoms with E-state index in [2.05, 4.69) is 10.6 Å². The van der Waals surface area contributed by atoms with Gasteiger partial charge >= 0.3 is 5.97 Å². The quantitative estimate of drug-likeness (QED) is 0.456. The molecule has 0 aliphatic carbocycles. The molecular weight excluding hydrogens is 354 g/mol. The van der Waals surface area contributed by atoms with Crippen LogP contribution in [0.4, 0.5) is 17.1 Å². The Morgan fingerprint density at radius 2 is 1.48 bits per heavy atom. The fourth-order valence-electron chi connectivity index (χ4n) is 2.09. The number of hydrogen-bond donors (Lipinski definition) is 2. The average Bonchev–Trinajstić information content (AvgIpc) is 2.62. The maximum absolute atomic E-state index is 12.1. The maximum Gasteiger partial charge on any atom is 0.338 e. The smallest absolute Gasteiger partial charge is 0.338 e. The lowest BCUT2D eigenvalue weighted by molar-refractivity contribution is -0.384. The minimum Gasteiger partial charge on any atom is -0.449 e. The molecule has 0 saturated heterocycles. The second-order valence-corrected chi connectivity index (χ2v) is 5.60. The van der Waals surface area contributed by atoms with E-state index < -0.39 is 22.9 Å². The number of non-ortho nitro benzene ring substituents is 1. The van der Waals surface area contributed by atoms with E-state index in [1.54, 1.807) is 24.3 Å². The maximum atomic E-state index is 12.1. The summed E-state index contributed by atoms with van der Waals surface area (Å²) in [5.41, 5.74) is 0.991. The Hall–Kier alpha value is -3.75. The van der Waals surface area contributed by atoms with Gasteiger partial charge in [0.05, 0.1) is 10.5 Å². The van der Waals surface area contributed by atoms with E-state index in [0.717, 1.165) is 0 Å². The fraction of sp³-hybridized carbons (Fsp3) is 0.167. The molecule has 9 nitrogen and oxygen atoms in total. The van der Waals surface area contributed by atoms with E-state index >= 15 is 0 Å². The first-order chi connectivity index (χ1) is 12.8. The molecule has 0 spiro atoms. The zero-order valence-corrected chi connectivity index (χ0v) is 14.6. The number of rotatable bonds is 6. The van der Waals surface area contributed by atoms with Gasteiger partial charge in [0.15, 0.2) is 6.10 Å². The summed E-state index contributed by atoms with van der Waals surface area (Å²) in [6.07, 6.45) is -1.08. The van der Waals surface area contributed by atoms with Gasteiger partial charge in [-0.05, 0) is 43.3 Å². The standard InChI is InChI=1S/C18H17N3O6/c1-11(27-18(24)13-3-9-16(10-4-13)21(25)26)17(23)20-15-7-5-14(6-8-15)19-12(2)22/h3-11H,1-2H3,(H,19,22)(H,20,23)/t11-/m0/s1. The number of nitro benzene ring substituents is 1. The Bertz CT molecular complexity index is 862. The van der Waals surface area contributed by atoms with Crippen LogP contribution in [0, 0.1) is 10.1 Å². The van der Waals surface area contributed by atoms with Gasteiger partial charge in [-0.25, -0.2) is 4.79 Å². The van der Waals surface area contributed by atoms with Gasteiger partial charge in [0.25, 0.3) is 11.6 Å². The highest BCUT2D eigenvalue weighted by atomic mass is 16.6. The van der Waals surface area contributed by atoms with Gasteiger partial charge in [-0.1, -0.05) is 0 Å². The van der Waals surface area contributed by atoms with Crippen LogP contribution in [0.25, 0.3) is 0 Å². The topological polar surface area (TPSA) is 128 Å². The molecule has 0 aliphatic heterocycles. The summed E-state index contributed by atoms with van der Waals surface area (Å²) >= 11 is 0. The Labute approximate surface area is 154 Å². The summed E-state index contributed by atoms with van der Waals surface area (Å²) < 4.78 is 5.07. The van der Waals surface area contributed by atoms with E-state index in [1.165, 1.54) is 38.1 Å². The van der Waals surface area contributed by atoms with Crippen LogP contribution in [0.15, 0.2) is 48.5 Å². The van der Waals surface area contributed by atoms with E-state index in [9.17, 15) is 24.5 Å². The number of anilines is 2. The van der Waals surface area contributed by atoms with Gasteiger partial charge in [-0.15, -0.1) is 0 Å². The number of nitrogens with one attached hydrogen (secondary N) is 2. The number of hydrogen-bond acceptors (Lipinski definition) is 6. The van der Waals surface area contributed by atoms with Crippen molar-refractivity contribution < 1.29 is 24.0 Å². The summed E-state index contributed by atoms with van der Waals surface area (Å²) in [5, 5.41) is 15.8. The molecule has 0 aromatic heterocycles. The monoisotopic (exact) mass is 371 g/mol. The molecule has 27 heavy (non-hydrogen) atoms. The predicted octanol–water partition coefficient (Wildman–Crippen LogP) is 2.74. The Morgan fingerprint density at radius 1 is 0.963 bits per heavy atom. The molecule has 2 aromatic carbocycles. The molecule has 2 rings (SSSR count). The lowest BCUT2D eigenvalue weighted by Crippen LogP contribution is -2.30. The van der Waals surface area contributed by atoms with Gasteiger partial charge in [-0.2, -0.15) is 0 Å². The number of carbonyl (C=O) groups excluding carboxylic acids is 3. The molecule has 140 valence electrons. The average molecular weight is 371 g/mol. The van der Waals surface area contributed by atoms with Crippen LogP contribution in [0.1, 0.15) is 24.2 Å². The van der Waals surface area contributed by atoms with Gasteiger partial charge in [0.2, 0.25) is 5.91 Å². The Morgan fingerprint density at radius 3 is 1.96 bits per heavy atom. The molecule has 2 amide bonds. The van der Waals surface area contributed by atoms with Gasteiger partial charge in [-0.3, -0.25) is 19.7 Å². The van der Waals surface area contributed by atoms with Crippen molar-refractivity contribution in [2.24, 2.45) is 0 Å². The summed E-state index contributed by atoms with van der Waals surface area (Å²) in [4.78, 5) is 45.2. The number of ether oxygens (including phenoxy) is 1. The van der Waals surface area contributed by atoms with Crippen molar-refractivity contribution >= 4 is 34.8 Å². The van der Waals surface area contributed by atoms with Crippen LogP contribution in [0.5, 0.6) is 0 Å². The second kappa shape index (κ2) is 8.56. The van der Waals surface area contributed by atoms with Gasteiger partial charge < -0.3 is 15.4 Å². The summed E-state index contributed by atoms with van der Waals surface area (Å²) in [6.45, 7) is 2.79. The Balaban J connectivity index is 1.93. The van der Waals surface area contributed by atoms with Crippen LogP contribution in [-0.2, 0) is 14.3 Å². The number of amides is 2. The third-order valence-corrected chi connectivity index (χ3v) is 3.44. The first-order valence-electron chi connectivity index (χ1n) is 7.90. The van der Waals surface area contributed by atoms with Crippen molar-refractivity contribution in [3.63, 3.8) is 0 Å². The molecule has 0 heterocycles. The van der Waals surface area contributed by atoms with E-state index in [1.807, 2.05) is 0 Å². The zero-order valence-electron chi connectivity index (χ0n) is 14.6. The highest BCUT2D eigenvalue weighted by Gasteiger charge is 2.19. The first-order valence-corrected chi connectivity index (χ1v) is 7.90. The van der Waals surface area contributed by atoms with Gasteiger partial charge in [0, 0.05) is 30.4 Å². The second-order valence-electron chi connectivity index (χ2n) is 5.60. The predicted molar refractivity (Wildman–Crippen MR) is 97.3 cm³/mol. The number of benzene rings is 2. The first kappa shape index (κ1) is 19.6. The summed E-state index contributed by atoms with van der Waals surface area (Å²) in [6, 6.07) is 11.3. The molecule has 2 aromatic rings. The molecule has 0 saturated carbocycles. The van der Waals surface area contributed by atoms with Crippen molar-refractivity contribution in [3.8, 4) is 0 Å². The molecule has 0 bridgehead atoms. The molecule has 9 heteroatoms. The Kier molecular flexibility index (Phi) is 6.21.